The lowest BCUT2D eigenvalue weighted by atomic mass is 10.1. The lowest BCUT2D eigenvalue weighted by Gasteiger charge is -2.16. The van der Waals surface area contributed by atoms with Crippen molar-refractivity contribution in [2.45, 2.75) is 59.0 Å². The minimum atomic E-state index is 0.247. The van der Waals surface area contributed by atoms with Crippen molar-refractivity contribution in [2.75, 3.05) is 5.73 Å². The second-order valence-electron chi connectivity index (χ2n) is 4.82. The van der Waals surface area contributed by atoms with Crippen LogP contribution in [0.5, 0.6) is 5.75 Å². The number of aryl methyl sites for hydroxylation is 1. The van der Waals surface area contributed by atoms with Gasteiger partial charge in [-0.15, -0.1) is 0 Å². The summed E-state index contributed by atoms with van der Waals surface area (Å²) in [6.07, 6.45) is 6.48. The van der Waals surface area contributed by atoms with Crippen molar-refractivity contribution >= 4 is 5.69 Å². The molecule has 1 atom stereocenters. The first kappa shape index (κ1) is 13.9. The van der Waals surface area contributed by atoms with Crippen LogP contribution in [0.2, 0.25) is 0 Å². The Hall–Kier alpha value is -1.18. The van der Waals surface area contributed by atoms with Gasteiger partial charge in [-0.25, -0.2) is 0 Å². The molecule has 0 fully saturated rings. The molecular weight excluding hydrogens is 210 g/mol. The van der Waals surface area contributed by atoms with Crippen LogP contribution in [-0.4, -0.2) is 6.10 Å². The summed E-state index contributed by atoms with van der Waals surface area (Å²) in [4.78, 5) is 0. The Labute approximate surface area is 105 Å². The molecular formula is C15H25NO. The predicted molar refractivity (Wildman–Crippen MR) is 74.4 cm³/mol. The van der Waals surface area contributed by atoms with E-state index in [1.54, 1.807) is 0 Å². The molecule has 2 nitrogen and oxygen atoms in total. The van der Waals surface area contributed by atoms with Crippen molar-refractivity contribution in [3.63, 3.8) is 0 Å². The normalized spacial score (nSPS) is 12.4. The fourth-order valence-electron chi connectivity index (χ4n) is 1.91. The third-order valence-corrected chi connectivity index (χ3v) is 2.96. The molecule has 0 spiro atoms. The second-order valence-corrected chi connectivity index (χ2v) is 4.82. The molecule has 0 saturated heterocycles. The standard InChI is InChI=1S/C15H25NO/c1-4-5-6-7-8-13(3)17-15-10-9-12(2)11-14(15)16/h9-11,13H,4-8,16H2,1-3H3/t13-/m1/s1. The third-order valence-electron chi connectivity index (χ3n) is 2.96. The van der Waals surface area contributed by atoms with E-state index < -0.39 is 0 Å². The summed E-state index contributed by atoms with van der Waals surface area (Å²) in [7, 11) is 0. The van der Waals surface area contributed by atoms with Gasteiger partial charge in [-0.3, -0.25) is 0 Å². The zero-order chi connectivity index (χ0) is 12.7. The predicted octanol–water partition coefficient (Wildman–Crippen LogP) is 4.31. The minimum absolute atomic E-state index is 0.247. The van der Waals surface area contributed by atoms with Crippen LogP contribution in [0.4, 0.5) is 5.69 Å². The largest absolute Gasteiger partial charge is 0.489 e. The van der Waals surface area contributed by atoms with Gasteiger partial charge in [0.05, 0.1) is 11.8 Å². The Morgan fingerprint density at radius 2 is 2.00 bits per heavy atom. The Morgan fingerprint density at radius 3 is 2.65 bits per heavy atom. The van der Waals surface area contributed by atoms with Crippen molar-refractivity contribution in [3.05, 3.63) is 23.8 Å². The summed E-state index contributed by atoms with van der Waals surface area (Å²) in [6, 6.07) is 5.96. The molecule has 2 heteroatoms. The van der Waals surface area contributed by atoms with Gasteiger partial charge in [0.2, 0.25) is 0 Å². The number of hydrogen-bond donors (Lipinski definition) is 1. The van der Waals surface area contributed by atoms with Crippen LogP contribution >= 0.6 is 0 Å². The average molecular weight is 235 g/mol. The quantitative estimate of drug-likeness (QED) is 0.564. The first-order valence-electron chi connectivity index (χ1n) is 6.66. The van der Waals surface area contributed by atoms with Gasteiger partial charge in [-0.05, 0) is 44.4 Å². The van der Waals surface area contributed by atoms with Crippen LogP contribution in [0.1, 0.15) is 51.5 Å². The van der Waals surface area contributed by atoms with E-state index in [9.17, 15) is 0 Å². The molecule has 96 valence electrons. The van der Waals surface area contributed by atoms with Crippen molar-refractivity contribution in [3.8, 4) is 5.75 Å². The first-order valence-corrected chi connectivity index (χ1v) is 6.66. The zero-order valence-corrected chi connectivity index (χ0v) is 11.3. The minimum Gasteiger partial charge on any atom is -0.489 e. The van der Waals surface area contributed by atoms with Gasteiger partial charge in [-0.2, -0.15) is 0 Å². The SMILES string of the molecule is CCCCCC[C@@H](C)Oc1ccc(C)cc1N. The van der Waals surface area contributed by atoms with Crippen molar-refractivity contribution < 1.29 is 4.74 Å². The van der Waals surface area contributed by atoms with Gasteiger partial charge < -0.3 is 10.5 Å². The van der Waals surface area contributed by atoms with E-state index in [-0.39, 0.29) is 6.10 Å². The number of unbranched alkanes of at least 4 members (excludes halogenated alkanes) is 3. The Kier molecular flexibility index (Phi) is 5.88. The Morgan fingerprint density at radius 1 is 1.24 bits per heavy atom. The van der Waals surface area contributed by atoms with E-state index in [0.29, 0.717) is 0 Å². The molecule has 0 heterocycles. The van der Waals surface area contributed by atoms with Gasteiger partial charge in [0.1, 0.15) is 5.75 Å². The van der Waals surface area contributed by atoms with E-state index in [1.165, 1.54) is 31.2 Å². The summed E-state index contributed by atoms with van der Waals surface area (Å²) in [5, 5.41) is 0. The molecule has 1 aromatic rings. The molecule has 0 aliphatic carbocycles. The Bertz CT molecular complexity index is 336. The lowest BCUT2D eigenvalue weighted by molar-refractivity contribution is 0.207. The van der Waals surface area contributed by atoms with Crippen LogP contribution < -0.4 is 10.5 Å². The fourth-order valence-corrected chi connectivity index (χ4v) is 1.91. The van der Waals surface area contributed by atoms with Gasteiger partial charge in [-0.1, -0.05) is 32.3 Å². The smallest absolute Gasteiger partial charge is 0.142 e. The maximum Gasteiger partial charge on any atom is 0.142 e. The van der Waals surface area contributed by atoms with Gasteiger partial charge in [0, 0.05) is 0 Å². The maximum atomic E-state index is 5.92. The van der Waals surface area contributed by atoms with Crippen LogP contribution in [-0.2, 0) is 0 Å². The fraction of sp³-hybridized carbons (Fsp3) is 0.600. The molecule has 1 rings (SSSR count). The zero-order valence-electron chi connectivity index (χ0n) is 11.3. The topological polar surface area (TPSA) is 35.2 Å². The van der Waals surface area contributed by atoms with E-state index in [4.69, 9.17) is 10.5 Å². The number of anilines is 1. The van der Waals surface area contributed by atoms with Crippen molar-refractivity contribution in [2.24, 2.45) is 0 Å². The highest BCUT2D eigenvalue weighted by Crippen LogP contribution is 2.24. The van der Waals surface area contributed by atoms with Crippen molar-refractivity contribution in [1.29, 1.82) is 0 Å². The molecule has 0 radical (unpaired) electrons. The summed E-state index contributed by atoms with van der Waals surface area (Å²) < 4.78 is 5.86. The number of ether oxygens (including phenoxy) is 1. The maximum absolute atomic E-state index is 5.92. The third kappa shape index (κ3) is 5.12. The molecule has 0 amide bonds. The molecule has 0 aliphatic rings. The summed E-state index contributed by atoms with van der Waals surface area (Å²) in [5.74, 6) is 0.818. The number of benzene rings is 1. The molecule has 0 unspecified atom stereocenters. The molecule has 0 aromatic heterocycles. The van der Waals surface area contributed by atoms with Crippen LogP contribution in [0.3, 0.4) is 0 Å². The highest BCUT2D eigenvalue weighted by molar-refractivity contribution is 5.54. The van der Waals surface area contributed by atoms with Gasteiger partial charge in [0.15, 0.2) is 0 Å². The van der Waals surface area contributed by atoms with Gasteiger partial charge in [0.25, 0.3) is 0 Å². The monoisotopic (exact) mass is 235 g/mol. The highest BCUT2D eigenvalue weighted by atomic mass is 16.5. The Balaban J connectivity index is 2.37. The van der Waals surface area contributed by atoms with Gasteiger partial charge >= 0.3 is 0 Å². The molecule has 2 N–H and O–H groups in total. The first-order chi connectivity index (χ1) is 8.13. The van der Waals surface area contributed by atoms with Crippen LogP contribution in [0, 0.1) is 6.92 Å². The summed E-state index contributed by atoms with van der Waals surface area (Å²) >= 11 is 0. The molecule has 0 aliphatic heterocycles. The van der Waals surface area contributed by atoms with E-state index in [2.05, 4.69) is 13.8 Å². The number of nitrogen functional groups attached to an aromatic ring is 1. The summed E-state index contributed by atoms with van der Waals surface area (Å²) in [5.41, 5.74) is 7.83. The number of rotatable bonds is 7. The van der Waals surface area contributed by atoms with E-state index in [1.807, 2.05) is 25.1 Å². The van der Waals surface area contributed by atoms with E-state index in [0.717, 1.165) is 17.9 Å². The average Bonchev–Trinajstić information content (AvgIpc) is 2.28. The van der Waals surface area contributed by atoms with Crippen LogP contribution in [0.15, 0.2) is 18.2 Å². The molecule has 0 bridgehead atoms. The van der Waals surface area contributed by atoms with E-state index >= 15 is 0 Å². The molecule has 17 heavy (non-hydrogen) atoms. The molecule has 1 aromatic carbocycles. The van der Waals surface area contributed by atoms with Crippen LogP contribution in [0.25, 0.3) is 0 Å². The van der Waals surface area contributed by atoms with Crippen molar-refractivity contribution in [1.82, 2.24) is 0 Å². The summed E-state index contributed by atoms with van der Waals surface area (Å²) in [6.45, 7) is 6.38. The number of nitrogens with two attached hydrogens (primary N) is 1. The second kappa shape index (κ2) is 7.21. The lowest BCUT2D eigenvalue weighted by Crippen LogP contribution is -2.12. The highest BCUT2D eigenvalue weighted by Gasteiger charge is 2.06. The number of hydrogen-bond acceptors (Lipinski definition) is 2. The molecule has 0 saturated carbocycles.